The Morgan fingerprint density at radius 2 is 1.00 bits per heavy atom. The summed E-state index contributed by atoms with van der Waals surface area (Å²) >= 11 is 0. The fourth-order valence-corrected chi connectivity index (χ4v) is 4.51. The molecule has 0 bridgehead atoms. The molecular formula is C22H24FN13. The predicted octanol–water partition coefficient (Wildman–Crippen LogP) is 5.74. The minimum atomic E-state index is -0.324. The average Bonchev–Trinajstić information content (AvgIpc) is 3.32. The van der Waals surface area contributed by atoms with Gasteiger partial charge in [0.05, 0.1) is 12.1 Å². The quantitative estimate of drug-likeness (QED) is 0.185. The second-order valence-electron chi connectivity index (χ2n) is 7.85. The van der Waals surface area contributed by atoms with E-state index >= 15 is 0 Å². The molecule has 1 fully saturated rings. The molecule has 0 saturated carbocycles. The molecule has 36 heavy (non-hydrogen) atoms. The maximum Gasteiger partial charge on any atom is 0.123 e. The molecule has 13 nitrogen and oxygen atoms in total. The molecule has 0 aromatic heterocycles. The van der Waals surface area contributed by atoms with E-state index in [1.54, 1.807) is 24.3 Å². The number of hydrogen-bond acceptors (Lipinski definition) is 9. The van der Waals surface area contributed by atoms with Gasteiger partial charge in [0.25, 0.3) is 0 Å². The highest BCUT2D eigenvalue weighted by atomic mass is 19.1. The molecule has 3 aromatic carbocycles. The van der Waals surface area contributed by atoms with Crippen LogP contribution in [0.15, 0.2) is 102 Å². The summed E-state index contributed by atoms with van der Waals surface area (Å²) in [5.41, 5.74) is 4.43. The zero-order valence-corrected chi connectivity index (χ0v) is 19.1. The normalized spacial score (nSPS) is 18.4. The van der Waals surface area contributed by atoms with Crippen molar-refractivity contribution in [2.45, 2.75) is 24.9 Å². The van der Waals surface area contributed by atoms with Crippen molar-refractivity contribution in [2.75, 3.05) is 4.90 Å². The molecule has 3 aromatic rings. The molecule has 8 N–H and O–H groups in total. The van der Waals surface area contributed by atoms with E-state index in [0.717, 1.165) is 29.7 Å². The molecule has 0 radical (unpaired) electrons. The molecule has 1 aliphatic rings. The van der Waals surface area contributed by atoms with Gasteiger partial charge in [-0.2, -0.15) is 0 Å². The second-order valence-corrected chi connectivity index (χ2v) is 7.85. The molecule has 1 heterocycles. The first-order chi connectivity index (χ1) is 17.6. The molecule has 0 amide bonds. The van der Waals surface area contributed by atoms with Gasteiger partial charge in [0, 0.05) is 5.69 Å². The highest BCUT2D eigenvalue weighted by molar-refractivity contribution is 5.65. The Balaban J connectivity index is 1.81. The zero-order chi connectivity index (χ0) is 25.5. The molecule has 1 saturated heterocycles. The standard InChI is InChI=1S/C22H24FN13/c23-15-3-5-16(6-4-15)36-21(13-1-7-17(28-32-24)19(11-13)30-34-26)9-10-22(36)14-2-8-18(29-33-25)20(12-14)31-35-27/h1-8,11-12,21-22H,9-10H2,(H2,24,28)(H2,25,29)(H2,26,30)(H2,27,31). The summed E-state index contributed by atoms with van der Waals surface area (Å²) in [6.45, 7) is 0. The van der Waals surface area contributed by atoms with E-state index in [-0.39, 0.29) is 17.9 Å². The first-order valence-corrected chi connectivity index (χ1v) is 10.8. The van der Waals surface area contributed by atoms with Gasteiger partial charge in [-0.3, -0.25) is 0 Å². The summed E-state index contributed by atoms with van der Waals surface area (Å²) in [6.07, 6.45) is 1.58. The average molecular weight is 490 g/mol. The lowest BCUT2D eigenvalue weighted by Gasteiger charge is -2.33. The van der Waals surface area contributed by atoms with Gasteiger partial charge in [-0.15, -0.1) is 20.5 Å². The lowest BCUT2D eigenvalue weighted by atomic mass is 10.0. The molecule has 2 atom stereocenters. The molecular weight excluding hydrogens is 465 g/mol. The Morgan fingerprint density at radius 3 is 1.42 bits per heavy atom. The fourth-order valence-electron chi connectivity index (χ4n) is 4.51. The van der Waals surface area contributed by atoms with Crippen molar-refractivity contribution >= 4 is 28.4 Å². The van der Waals surface area contributed by atoms with E-state index in [2.05, 4.69) is 46.2 Å². The molecule has 184 valence electrons. The molecule has 1 aliphatic heterocycles. The Bertz CT molecular complexity index is 1240. The van der Waals surface area contributed by atoms with Crippen LogP contribution in [0.3, 0.4) is 0 Å². The van der Waals surface area contributed by atoms with Crippen molar-refractivity contribution < 1.29 is 4.39 Å². The number of benzene rings is 3. The third-order valence-corrected chi connectivity index (χ3v) is 5.94. The van der Waals surface area contributed by atoms with Crippen LogP contribution in [0.4, 0.5) is 32.8 Å². The fraction of sp³-hybridized carbons (Fsp3) is 0.182. The third kappa shape index (κ3) is 4.91. The van der Waals surface area contributed by atoms with Crippen LogP contribution >= 0.6 is 0 Å². The number of rotatable bonds is 7. The van der Waals surface area contributed by atoms with Crippen molar-refractivity contribution in [1.82, 2.24) is 0 Å². The summed E-state index contributed by atoms with van der Waals surface area (Å²) in [5.74, 6) is 20.7. The number of nitrogens with two attached hydrogens (primary N) is 4. The van der Waals surface area contributed by atoms with Gasteiger partial charge in [0.2, 0.25) is 0 Å². The van der Waals surface area contributed by atoms with Crippen molar-refractivity contribution in [3.63, 3.8) is 0 Å². The highest BCUT2D eigenvalue weighted by Crippen LogP contribution is 2.49. The Morgan fingerprint density at radius 1 is 0.583 bits per heavy atom. The zero-order valence-electron chi connectivity index (χ0n) is 19.1. The number of halogens is 1. The number of hydrogen-bond donors (Lipinski definition) is 4. The van der Waals surface area contributed by atoms with Gasteiger partial charge >= 0.3 is 0 Å². The summed E-state index contributed by atoms with van der Waals surface area (Å²) in [6, 6.07) is 17.2. The Labute approximate surface area is 205 Å². The van der Waals surface area contributed by atoms with Gasteiger partial charge in [-0.05, 0) is 72.5 Å². The van der Waals surface area contributed by atoms with Crippen LogP contribution in [-0.2, 0) is 0 Å². The van der Waals surface area contributed by atoms with Crippen LogP contribution in [-0.4, -0.2) is 0 Å². The maximum atomic E-state index is 13.8. The van der Waals surface area contributed by atoms with Crippen molar-refractivity contribution in [2.24, 2.45) is 64.7 Å². The van der Waals surface area contributed by atoms with E-state index < -0.39 is 0 Å². The summed E-state index contributed by atoms with van der Waals surface area (Å²) in [7, 11) is 0. The van der Waals surface area contributed by atoms with Crippen LogP contribution in [0.25, 0.3) is 0 Å². The first-order valence-electron chi connectivity index (χ1n) is 10.8. The van der Waals surface area contributed by atoms with Gasteiger partial charge in [0.1, 0.15) is 28.6 Å². The molecule has 0 spiro atoms. The van der Waals surface area contributed by atoms with Crippen molar-refractivity contribution in [1.29, 1.82) is 0 Å². The monoisotopic (exact) mass is 489 g/mol. The minimum Gasteiger partial charge on any atom is -0.357 e. The Kier molecular flexibility index (Phi) is 7.33. The van der Waals surface area contributed by atoms with Gasteiger partial charge in [0.15, 0.2) is 0 Å². The van der Waals surface area contributed by atoms with Crippen LogP contribution in [0.5, 0.6) is 0 Å². The summed E-state index contributed by atoms with van der Waals surface area (Å²) in [5, 5.41) is 29.1. The Hall–Kier alpha value is -5.01. The van der Waals surface area contributed by atoms with E-state index in [0.29, 0.717) is 22.7 Å². The van der Waals surface area contributed by atoms with Crippen LogP contribution < -0.4 is 28.3 Å². The van der Waals surface area contributed by atoms with Gasteiger partial charge in [-0.1, -0.05) is 33.0 Å². The van der Waals surface area contributed by atoms with Crippen molar-refractivity contribution in [3.8, 4) is 0 Å². The summed E-state index contributed by atoms with van der Waals surface area (Å²) < 4.78 is 13.8. The highest BCUT2D eigenvalue weighted by Gasteiger charge is 2.36. The van der Waals surface area contributed by atoms with Gasteiger partial charge < -0.3 is 28.3 Å². The van der Waals surface area contributed by atoms with E-state index in [9.17, 15) is 4.39 Å². The van der Waals surface area contributed by atoms with Crippen LogP contribution in [0.1, 0.15) is 36.1 Å². The summed E-state index contributed by atoms with van der Waals surface area (Å²) in [4.78, 5) is 2.21. The minimum absolute atomic E-state index is 0.0842. The number of anilines is 1. The smallest absolute Gasteiger partial charge is 0.123 e. The number of nitrogens with zero attached hydrogens (tertiary/aromatic N) is 9. The second kappa shape index (κ2) is 10.9. The maximum absolute atomic E-state index is 13.8. The van der Waals surface area contributed by atoms with Crippen molar-refractivity contribution in [3.05, 3.63) is 77.6 Å². The third-order valence-electron chi connectivity index (χ3n) is 5.94. The van der Waals surface area contributed by atoms with Gasteiger partial charge in [-0.25, -0.2) is 4.39 Å². The van der Waals surface area contributed by atoms with E-state index in [4.69, 9.17) is 23.4 Å². The predicted molar refractivity (Wildman–Crippen MR) is 131 cm³/mol. The molecule has 14 heteroatoms. The van der Waals surface area contributed by atoms with E-state index in [1.807, 2.05) is 24.3 Å². The topological polar surface area (TPSA) is 206 Å². The molecule has 4 rings (SSSR count). The first kappa shape index (κ1) is 24.1. The van der Waals surface area contributed by atoms with Crippen LogP contribution in [0.2, 0.25) is 0 Å². The van der Waals surface area contributed by atoms with E-state index in [1.165, 1.54) is 12.1 Å². The lowest BCUT2D eigenvalue weighted by Crippen LogP contribution is -2.26. The molecule has 2 unspecified atom stereocenters. The van der Waals surface area contributed by atoms with Crippen LogP contribution in [0, 0.1) is 5.82 Å². The molecule has 0 aliphatic carbocycles. The largest absolute Gasteiger partial charge is 0.357 e. The lowest BCUT2D eigenvalue weighted by molar-refractivity contribution is 0.625. The SMILES string of the molecule is NN=Nc1ccc(C2CCC(c3ccc(N=NN)c(N=NN)c3)N2c2ccc(F)cc2)cc1N=NN.